The molecule has 1 saturated heterocycles. The number of nitrogens with zero attached hydrogens (tertiary/aromatic N) is 4. The lowest BCUT2D eigenvalue weighted by Crippen LogP contribution is -2.26. The average Bonchev–Trinajstić information content (AvgIpc) is 3.33. The van der Waals surface area contributed by atoms with Gasteiger partial charge in [0.15, 0.2) is 5.82 Å². The molecule has 152 valence electrons. The molecular formula is C20H22FN5O3. The summed E-state index contributed by atoms with van der Waals surface area (Å²) in [7, 11) is 0. The number of likely N-dealkylation sites (tertiary alicyclic amines) is 1. The quantitative estimate of drug-likeness (QED) is 0.621. The number of benzene rings is 1. The van der Waals surface area contributed by atoms with Crippen molar-refractivity contribution in [3.8, 4) is 11.1 Å². The second kappa shape index (κ2) is 7.32. The van der Waals surface area contributed by atoms with Crippen LogP contribution in [-0.4, -0.2) is 48.9 Å². The van der Waals surface area contributed by atoms with Crippen LogP contribution in [0.3, 0.4) is 0 Å². The van der Waals surface area contributed by atoms with E-state index < -0.39 is 11.9 Å². The van der Waals surface area contributed by atoms with Crippen molar-refractivity contribution in [2.45, 2.75) is 32.3 Å². The predicted octanol–water partition coefficient (Wildman–Crippen LogP) is 2.64. The number of nitrogens with two attached hydrogens (primary N) is 1. The van der Waals surface area contributed by atoms with Gasteiger partial charge in [-0.15, -0.1) is 0 Å². The Labute approximate surface area is 166 Å². The molecule has 0 spiro atoms. The van der Waals surface area contributed by atoms with Crippen LogP contribution >= 0.6 is 0 Å². The van der Waals surface area contributed by atoms with Gasteiger partial charge in [0.25, 0.3) is 0 Å². The molecule has 1 aliphatic rings. The maximum absolute atomic E-state index is 14.6. The van der Waals surface area contributed by atoms with Gasteiger partial charge in [-0.25, -0.2) is 18.7 Å². The number of amides is 1. The molecule has 0 bridgehead atoms. The van der Waals surface area contributed by atoms with Crippen molar-refractivity contribution in [2.24, 2.45) is 0 Å². The molecule has 3 aromatic rings. The second-order valence-corrected chi connectivity index (χ2v) is 7.21. The molecule has 1 amide bonds. The van der Waals surface area contributed by atoms with Crippen molar-refractivity contribution in [2.75, 3.05) is 18.8 Å². The number of aromatic nitrogens is 3. The van der Waals surface area contributed by atoms with E-state index in [0.29, 0.717) is 42.6 Å². The van der Waals surface area contributed by atoms with E-state index >= 15 is 0 Å². The monoisotopic (exact) mass is 399 g/mol. The fourth-order valence-electron chi connectivity index (χ4n) is 4.12. The predicted molar refractivity (Wildman–Crippen MR) is 105 cm³/mol. The molecule has 4 rings (SSSR count). The smallest absolute Gasteiger partial charge is 0.407 e. The number of carboxylic acid groups (broad SMARTS) is 1. The number of fused-ring (bicyclic) bond motifs is 1. The number of hydrogen-bond donors (Lipinski definition) is 3. The lowest BCUT2D eigenvalue weighted by atomic mass is 9.97. The number of aliphatic hydroxyl groups is 1. The van der Waals surface area contributed by atoms with E-state index in [-0.39, 0.29) is 23.9 Å². The van der Waals surface area contributed by atoms with E-state index in [0.717, 1.165) is 11.3 Å². The number of halogens is 1. The molecule has 1 atom stereocenters. The summed E-state index contributed by atoms with van der Waals surface area (Å²) < 4.78 is 16.3. The average molecular weight is 399 g/mol. The van der Waals surface area contributed by atoms with E-state index in [4.69, 9.17) is 5.73 Å². The topological polar surface area (TPSA) is 117 Å². The lowest BCUT2D eigenvalue weighted by molar-refractivity contribution is 0.155. The molecule has 1 fully saturated rings. The Morgan fingerprint density at radius 2 is 2.17 bits per heavy atom. The maximum Gasteiger partial charge on any atom is 0.407 e. The number of rotatable bonds is 4. The number of hydrogen-bond acceptors (Lipinski definition) is 5. The summed E-state index contributed by atoms with van der Waals surface area (Å²) in [6.07, 6.45) is 1.64. The largest absolute Gasteiger partial charge is 0.465 e. The molecule has 1 aliphatic heterocycles. The summed E-state index contributed by atoms with van der Waals surface area (Å²) in [5, 5.41) is 23.1. The van der Waals surface area contributed by atoms with Gasteiger partial charge < -0.3 is 20.8 Å². The highest BCUT2D eigenvalue weighted by atomic mass is 19.1. The molecule has 1 unspecified atom stereocenters. The SMILES string of the molecule is CCc1cc(-c2cc(C3CCN(C(=O)O)C3)n3ncnc(N)c23)cc(F)c1CO. The van der Waals surface area contributed by atoms with Crippen LogP contribution in [-0.2, 0) is 13.0 Å². The van der Waals surface area contributed by atoms with E-state index in [1.54, 1.807) is 4.52 Å². The van der Waals surface area contributed by atoms with Crippen LogP contribution in [0.2, 0.25) is 0 Å². The Kier molecular flexibility index (Phi) is 4.83. The lowest BCUT2D eigenvalue weighted by Gasteiger charge is -2.12. The minimum absolute atomic E-state index is 0.0474. The second-order valence-electron chi connectivity index (χ2n) is 7.21. The van der Waals surface area contributed by atoms with Gasteiger partial charge in [0, 0.05) is 35.8 Å². The summed E-state index contributed by atoms with van der Waals surface area (Å²) in [6.45, 7) is 2.35. The highest BCUT2D eigenvalue weighted by molar-refractivity contribution is 5.88. The van der Waals surface area contributed by atoms with E-state index in [2.05, 4.69) is 10.1 Å². The molecule has 1 aromatic carbocycles. The fourth-order valence-corrected chi connectivity index (χ4v) is 4.12. The number of anilines is 1. The van der Waals surface area contributed by atoms with Crippen molar-refractivity contribution in [1.82, 2.24) is 19.5 Å². The maximum atomic E-state index is 14.6. The number of carbonyl (C=O) groups is 1. The van der Waals surface area contributed by atoms with Crippen molar-refractivity contribution < 1.29 is 19.4 Å². The number of aliphatic hydroxyl groups excluding tert-OH is 1. The van der Waals surface area contributed by atoms with Crippen LogP contribution in [0.25, 0.3) is 16.6 Å². The Balaban J connectivity index is 1.89. The minimum atomic E-state index is -0.947. The van der Waals surface area contributed by atoms with Crippen LogP contribution < -0.4 is 5.73 Å². The zero-order chi connectivity index (χ0) is 20.7. The van der Waals surface area contributed by atoms with Gasteiger partial charge in [0.1, 0.15) is 17.7 Å². The van der Waals surface area contributed by atoms with Crippen molar-refractivity contribution >= 4 is 17.4 Å². The molecular weight excluding hydrogens is 377 g/mol. The third-order valence-electron chi connectivity index (χ3n) is 5.63. The third kappa shape index (κ3) is 3.17. The van der Waals surface area contributed by atoms with Gasteiger partial charge in [-0.1, -0.05) is 13.0 Å². The normalized spacial score (nSPS) is 16.7. The molecule has 3 heterocycles. The summed E-state index contributed by atoms with van der Waals surface area (Å²) in [4.78, 5) is 16.8. The fraction of sp³-hybridized carbons (Fsp3) is 0.350. The van der Waals surface area contributed by atoms with Crippen molar-refractivity contribution in [1.29, 1.82) is 0 Å². The van der Waals surface area contributed by atoms with E-state index in [1.807, 2.05) is 19.1 Å². The van der Waals surface area contributed by atoms with Crippen LogP contribution in [0.15, 0.2) is 24.5 Å². The van der Waals surface area contributed by atoms with Gasteiger partial charge in [0.05, 0.1) is 6.61 Å². The minimum Gasteiger partial charge on any atom is -0.465 e. The first kappa shape index (κ1) is 19.1. The summed E-state index contributed by atoms with van der Waals surface area (Å²) in [5.41, 5.74) is 9.83. The van der Waals surface area contributed by atoms with Crippen molar-refractivity contribution in [3.05, 3.63) is 47.2 Å². The zero-order valence-corrected chi connectivity index (χ0v) is 16.0. The summed E-state index contributed by atoms with van der Waals surface area (Å²) in [5.74, 6) is -0.260. The molecule has 29 heavy (non-hydrogen) atoms. The first-order valence-electron chi connectivity index (χ1n) is 9.47. The van der Waals surface area contributed by atoms with Crippen LogP contribution in [0, 0.1) is 5.82 Å². The zero-order valence-electron chi connectivity index (χ0n) is 16.0. The van der Waals surface area contributed by atoms with Gasteiger partial charge >= 0.3 is 6.09 Å². The van der Waals surface area contributed by atoms with Crippen LogP contribution in [0.1, 0.15) is 36.1 Å². The highest BCUT2D eigenvalue weighted by Gasteiger charge is 2.30. The van der Waals surface area contributed by atoms with Gasteiger partial charge in [-0.05, 0) is 36.1 Å². The molecule has 0 aliphatic carbocycles. The van der Waals surface area contributed by atoms with Crippen molar-refractivity contribution in [3.63, 3.8) is 0 Å². The Hall–Kier alpha value is -3.20. The Morgan fingerprint density at radius 1 is 1.38 bits per heavy atom. The van der Waals surface area contributed by atoms with Crippen LogP contribution in [0.5, 0.6) is 0 Å². The number of nitrogen functional groups attached to an aromatic ring is 1. The molecule has 2 aromatic heterocycles. The van der Waals surface area contributed by atoms with Gasteiger partial charge in [-0.3, -0.25) is 0 Å². The molecule has 8 nitrogen and oxygen atoms in total. The first-order chi connectivity index (χ1) is 13.9. The van der Waals surface area contributed by atoms with Gasteiger partial charge in [-0.2, -0.15) is 5.10 Å². The van der Waals surface area contributed by atoms with Crippen LogP contribution in [0.4, 0.5) is 15.0 Å². The Morgan fingerprint density at radius 3 is 2.83 bits per heavy atom. The van der Waals surface area contributed by atoms with E-state index in [9.17, 15) is 19.4 Å². The molecule has 0 radical (unpaired) electrons. The standard InChI is InChI=1S/C20H22FN5O3/c1-2-11-5-13(6-16(21)15(11)9-27)14-7-17(12-3-4-25(8-12)20(28)29)26-18(14)19(22)23-10-24-26/h5-7,10,12,27H,2-4,8-9H2,1H3,(H,28,29)(H2,22,23,24). The van der Waals surface area contributed by atoms with Gasteiger partial charge in [0.2, 0.25) is 0 Å². The molecule has 0 saturated carbocycles. The summed E-state index contributed by atoms with van der Waals surface area (Å²) in [6, 6.07) is 5.12. The summed E-state index contributed by atoms with van der Waals surface area (Å²) >= 11 is 0. The first-order valence-corrected chi connectivity index (χ1v) is 9.47. The van der Waals surface area contributed by atoms with E-state index in [1.165, 1.54) is 17.3 Å². The number of aryl methyl sites for hydroxylation is 1. The third-order valence-corrected chi connectivity index (χ3v) is 5.63. The highest BCUT2D eigenvalue weighted by Crippen LogP contribution is 2.37. The molecule has 9 heteroatoms. The molecule has 4 N–H and O–H groups in total. The Bertz CT molecular complexity index is 1100.